The summed E-state index contributed by atoms with van der Waals surface area (Å²) in [4.78, 5) is 4.76. The van der Waals surface area contributed by atoms with Gasteiger partial charge in [-0.15, -0.1) is 0 Å². The van der Waals surface area contributed by atoms with Crippen LogP contribution in [-0.2, 0) is 0 Å². The highest BCUT2D eigenvalue weighted by atomic mass is 32.2. The highest BCUT2D eigenvalue weighted by molar-refractivity contribution is 8.03. The Bertz CT molecular complexity index is 746. The third-order valence-electron chi connectivity index (χ3n) is 3.57. The van der Waals surface area contributed by atoms with Crippen LogP contribution >= 0.6 is 11.8 Å². The molecule has 23 heavy (non-hydrogen) atoms. The molecule has 6 heteroatoms. The minimum absolute atomic E-state index is 0.166. The average Bonchev–Trinajstić information content (AvgIpc) is 3.00. The van der Waals surface area contributed by atoms with Crippen LogP contribution in [0.3, 0.4) is 0 Å². The summed E-state index contributed by atoms with van der Waals surface area (Å²) in [6.45, 7) is 4.26. The van der Waals surface area contributed by atoms with Crippen LogP contribution in [0.5, 0.6) is 11.5 Å². The smallest absolute Gasteiger partial charge is 0.130 e. The molecule has 0 aliphatic carbocycles. The van der Waals surface area contributed by atoms with E-state index in [1.165, 1.54) is 0 Å². The molecule has 1 aliphatic rings. The van der Waals surface area contributed by atoms with Crippen LogP contribution in [0.4, 0.5) is 0 Å². The summed E-state index contributed by atoms with van der Waals surface area (Å²) in [6.07, 6.45) is 0. The standard InChI is InChI=1S/C17H21N3O2S/c1-10(2)18-17-20-15(9-23-17)14-8-16(22-4)12-6-5-11(21-3)7-13(12)19-14/h5-10,17-18,20H,1-4H3. The second kappa shape index (κ2) is 6.68. The maximum absolute atomic E-state index is 5.53. The normalized spacial score (nSPS) is 17.3. The molecule has 0 spiro atoms. The SMILES string of the molecule is COc1ccc2c(OC)cc(C3=CSC(NC(C)C)N3)nc2c1. The first-order valence-corrected chi connectivity index (χ1v) is 8.46. The number of nitrogens with one attached hydrogen (secondary N) is 2. The third kappa shape index (κ3) is 3.38. The van der Waals surface area contributed by atoms with E-state index in [2.05, 4.69) is 29.9 Å². The van der Waals surface area contributed by atoms with Gasteiger partial charge in [0.25, 0.3) is 0 Å². The molecule has 2 N–H and O–H groups in total. The summed E-state index contributed by atoms with van der Waals surface area (Å²) in [5.41, 5.74) is 2.88. The first-order valence-electron chi connectivity index (χ1n) is 7.52. The number of aromatic nitrogens is 1. The van der Waals surface area contributed by atoms with E-state index in [1.807, 2.05) is 24.3 Å². The molecule has 1 atom stereocenters. The number of hydrogen-bond donors (Lipinski definition) is 2. The van der Waals surface area contributed by atoms with Crippen molar-refractivity contribution in [2.24, 2.45) is 0 Å². The predicted molar refractivity (Wildman–Crippen MR) is 95.6 cm³/mol. The number of pyridine rings is 1. The number of thioether (sulfide) groups is 1. The van der Waals surface area contributed by atoms with E-state index in [1.54, 1.807) is 26.0 Å². The molecule has 1 aliphatic heterocycles. The Hall–Kier alpha value is -1.92. The summed E-state index contributed by atoms with van der Waals surface area (Å²) < 4.78 is 10.8. The van der Waals surface area contributed by atoms with E-state index in [9.17, 15) is 0 Å². The number of methoxy groups -OCH3 is 2. The molecule has 2 aromatic rings. The Kier molecular flexibility index (Phi) is 4.63. The third-order valence-corrected chi connectivity index (χ3v) is 4.47. The summed E-state index contributed by atoms with van der Waals surface area (Å²) in [6, 6.07) is 8.19. The number of nitrogens with zero attached hydrogens (tertiary/aromatic N) is 1. The predicted octanol–water partition coefficient (Wildman–Crippen LogP) is 3.17. The van der Waals surface area contributed by atoms with Crippen LogP contribution in [-0.4, -0.2) is 30.7 Å². The molecule has 122 valence electrons. The number of benzene rings is 1. The molecular formula is C17H21N3O2S. The van der Waals surface area contributed by atoms with Gasteiger partial charge >= 0.3 is 0 Å². The van der Waals surface area contributed by atoms with E-state index in [0.717, 1.165) is 33.8 Å². The van der Waals surface area contributed by atoms with Gasteiger partial charge in [-0.25, -0.2) is 4.98 Å². The Morgan fingerprint density at radius 3 is 2.74 bits per heavy atom. The summed E-state index contributed by atoms with van der Waals surface area (Å²) in [5, 5.41) is 9.96. The largest absolute Gasteiger partial charge is 0.497 e. The lowest BCUT2D eigenvalue weighted by Gasteiger charge is -2.17. The Balaban J connectivity index is 1.95. The van der Waals surface area contributed by atoms with E-state index < -0.39 is 0 Å². The van der Waals surface area contributed by atoms with Crippen molar-refractivity contribution in [2.75, 3.05) is 14.2 Å². The highest BCUT2D eigenvalue weighted by Crippen LogP contribution is 2.32. The molecule has 0 saturated carbocycles. The molecule has 5 nitrogen and oxygen atoms in total. The number of rotatable bonds is 5. The number of fused-ring (bicyclic) bond motifs is 1. The summed E-state index contributed by atoms with van der Waals surface area (Å²) in [5.74, 6) is 1.59. The first kappa shape index (κ1) is 16.0. The number of hydrogen-bond acceptors (Lipinski definition) is 6. The van der Waals surface area contributed by atoms with Gasteiger partial charge in [0.2, 0.25) is 0 Å². The number of ether oxygens (including phenoxy) is 2. The Morgan fingerprint density at radius 1 is 1.22 bits per heavy atom. The monoisotopic (exact) mass is 331 g/mol. The Morgan fingerprint density at radius 2 is 2.04 bits per heavy atom. The second-order valence-electron chi connectivity index (χ2n) is 5.61. The van der Waals surface area contributed by atoms with Crippen molar-refractivity contribution in [3.63, 3.8) is 0 Å². The van der Waals surface area contributed by atoms with Gasteiger partial charge < -0.3 is 14.8 Å². The minimum atomic E-state index is 0.166. The zero-order chi connectivity index (χ0) is 16.4. The lowest BCUT2D eigenvalue weighted by molar-refractivity contribution is 0.414. The summed E-state index contributed by atoms with van der Waals surface area (Å²) >= 11 is 1.71. The van der Waals surface area contributed by atoms with Crippen LogP contribution in [0, 0.1) is 0 Å². The fraction of sp³-hybridized carbons (Fsp3) is 0.353. The minimum Gasteiger partial charge on any atom is -0.497 e. The van der Waals surface area contributed by atoms with E-state index in [-0.39, 0.29) is 5.50 Å². The fourth-order valence-corrected chi connectivity index (χ4v) is 3.48. The van der Waals surface area contributed by atoms with Crippen molar-refractivity contribution in [1.29, 1.82) is 0 Å². The van der Waals surface area contributed by atoms with Gasteiger partial charge in [-0.2, -0.15) is 0 Å². The molecule has 1 aromatic heterocycles. The molecule has 0 fully saturated rings. The van der Waals surface area contributed by atoms with Crippen molar-refractivity contribution in [1.82, 2.24) is 15.6 Å². The van der Waals surface area contributed by atoms with Crippen molar-refractivity contribution in [2.45, 2.75) is 25.4 Å². The Labute approximate surface area is 140 Å². The molecule has 0 saturated heterocycles. The molecule has 0 radical (unpaired) electrons. The molecule has 3 rings (SSSR count). The lowest BCUT2D eigenvalue weighted by atomic mass is 10.1. The van der Waals surface area contributed by atoms with Crippen molar-refractivity contribution in [3.8, 4) is 11.5 Å². The van der Waals surface area contributed by atoms with Gasteiger partial charge in [0.15, 0.2) is 0 Å². The van der Waals surface area contributed by atoms with E-state index in [4.69, 9.17) is 14.5 Å². The maximum atomic E-state index is 5.53. The second-order valence-corrected chi connectivity index (χ2v) is 6.59. The van der Waals surface area contributed by atoms with Gasteiger partial charge in [0, 0.05) is 23.6 Å². The zero-order valence-corrected chi connectivity index (χ0v) is 14.5. The molecule has 2 heterocycles. The molecule has 0 bridgehead atoms. The van der Waals surface area contributed by atoms with Gasteiger partial charge in [0.05, 0.1) is 31.1 Å². The molecule has 0 amide bonds. The van der Waals surface area contributed by atoms with Crippen molar-refractivity contribution < 1.29 is 9.47 Å². The fourth-order valence-electron chi connectivity index (χ4n) is 2.47. The van der Waals surface area contributed by atoms with Crippen LogP contribution in [0.25, 0.3) is 16.6 Å². The van der Waals surface area contributed by atoms with Crippen LogP contribution in [0.2, 0.25) is 0 Å². The lowest BCUT2D eigenvalue weighted by Crippen LogP contribution is -2.39. The van der Waals surface area contributed by atoms with Crippen LogP contribution in [0.15, 0.2) is 29.7 Å². The van der Waals surface area contributed by atoms with Crippen molar-refractivity contribution >= 4 is 28.4 Å². The van der Waals surface area contributed by atoms with Crippen molar-refractivity contribution in [3.05, 3.63) is 35.4 Å². The van der Waals surface area contributed by atoms with Gasteiger partial charge in [-0.3, -0.25) is 5.32 Å². The highest BCUT2D eigenvalue weighted by Gasteiger charge is 2.20. The van der Waals surface area contributed by atoms with Gasteiger partial charge in [-0.05, 0) is 31.4 Å². The van der Waals surface area contributed by atoms with Crippen LogP contribution < -0.4 is 20.1 Å². The van der Waals surface area contributed by atoms with E-state index in [0.29, 0.717) is 6.04 Å². The molecule has 1 aromatic carbocycles. The topological polar surface area (TPSA) is 55.4 Å². The average molecular weight is 331 g/mol. The van der Waals surface area contributed by atoms with Gasteiger partial charge in [-0.1, -0.05) is 11.8 Å². The first-order chi connectivity index (χ1) is 11.1. The molecular weight excluding hydrogens is 310 g/mol. The summed E-state index contributed by atoms with van der Waals surface area (Å²) in [7, 11) is 3.33. The van der Waals surface area contributed by atoms with Gasteiger partial charge in [0.1, 0.15) is 17.0 Å². The maximum Gasteiger partial charge on any atom is 0.130 e. The zero-order valence-electron chi connectivity index (χ0n) is 13.7. The van der Waals surface area contributed by atoms with E-state index >= 15 is 0 Å². The molecule has 1 unspecified atom stereocenters. The van der Waals surface area contributed by atoms with Crippen LogP contribution in [0.1, 0.15) is 19.5 Å². The quantitative estimate of drug-likeness (QED) is 0.878.